The van der Waals surface area contributed by atoms with Gasteiger partial charge in [0.2, 0.25) is 0 Å². The van der Waals surface area contributed by atoms with Crippen LogP contribution >= 0.6 is 0 Å². The van der Waals surface area contributed by atoms with Crippen molar-refractivity contribution in [2.24, 2.45) is 0 Å². The van der Waals surface area contributed by atoms with Crippen LogP contribution in [0.3, 0.4) is 0 Å². The van der Waals surface area contributed by atoms with Crippen molar-refractivity contribution in [3.8, 4) is 44.8 Å². The summed E-state index contributed by atoms with van der Waals surface area (Å²) in [4.78, 5) is 0. The van der Waals surface area contributed by atoms with Crippen molar-refractivity contribution in [3.05, 3.63) is 175 Å². The summed E-state index contributed by atoms with van der Waals surface area (Å²) in [6.07, 6.45) is 0. The highest BCUT2D eigenvalue weighted by Crippen LogP contribution is 2.51. The number of hydrogen-bond acceptors (Lipinski definition) is 0. The predicted octanol–water partition coefficient (Wildman–Crippen LogP) is 12.1. The van der Waals surface area contributed by atoms with Gasteiger partial charge in [-0.25, -0.2) is 0 Å². The molecule has 12 aromatic rings. The van der Waals surface area contributed by atoms with Crippen LogP contribution in [-0.4, -0.2) is 15.8 Å². The van der Waals surface area contributed by atoms with Gasteiger partial charge in [-0.3, -0.25) is 0 Å². The third-order valence-corrected chi connectivity index (χ3v) is 14.0. The third-order valence-electron chi connectivity index (χ3n) is 14.0. The van der Waals surface area contributed by atoms with Crippen LogP contribution in [-0.2, 0) is 0 Å². The van der Waals surface area contributed by atoms with Crippen molar-refractivity contribution in [3.63, 3.8) is 0 Å². The molecule has 0 saturated carbocycles. The van der Waals surface area contributed by atoms with Gasteiger partial charge in [0.05, 0.1) is 16.6 Å². The molecule has 0 N–H and O–H groups in total. The maximum Gasteiger partial charge on any atom is 0.252 e. The van der Waals surface area contributed by atoms with Crippen LogP contribution in [0.25, 0.3) is 121 Å². The molecule has 0 radical (unpaired) electrons. The van der Waals surface area contributed by atoms with Crippen molar-refractivity contribution in [2.45, 2.75) is 6.92 Å². The Kier molecular flexibility index (Phi) is 5.22. The second kappa shape index (κ2) is 10.1. The van der Waals surface area contributed by atoms with E-state index in [2.05, 4.69) is 186 Å². The van der Waals surface area contributed by atoms with E-state index in [9.17, 15) is 0 Å². The quantitative estimate of drug-likeness (QED) is 0.124. The van der Waals surface area contributed by atoms with Crippen LogP contribution in [0.5, 0.6) is 0 Å². The molecule has 0 atom stereocenters. The largest absolute Gasteiger partial charge is 0.310 e. The zero-order chi connectivity index (χ0) is 37.5. The molecular weight excluding hydrogens is 699 g/mol. The first-order valence-electron chi connectivity index (χ1n) is 20.5. The van der Waals surface area contributed by atoms with Gasteiger partial charge in [0.25, 0.3) is 6.71 Å². The molecule has 1 aliphatic carbocycles. The second-order valence-corrected chi connectivity index (χ2v) is 16.9. The first-order chi connectivity index (χ1) is 28.7. The van der Waals surface area contributed by atoms with Crippen LogP contribution in [0, 0.1) is 6.92 Å². The van der Waals surface area contributed by atoms with E-state index in [1.807, 2.05) is 0 Å². The van der Waals surface area contributed by atoms with E-state index in [4.69, 9.17) is 0 Å². The molecule has 0 amide bonds. The number of nitrogens with zero attached hydrogens (tertiary/aromatic N) is 2. The lowest BCUT2D eigenvalue weighted by Gasteiger charge is -2.34. The average molecular weight is 731 g/mol. The number of aryl methyl sites for hydroxylation is 1. The average Bonchev–Trinajstić information content (AvgIpc) is 3.76. The molecule has 3 aliphatic rings. The van der Waals surface area contributed by atoms with Crippen LogP contribution in [0.15, 0.2) is 170 Å². The normalized spacial score (nSPS) is 13.2. The Labute approximate surface area is 333 Å². The van der Waals surface area contributed by atoms with E-state index < -0.39 is 0 Å². The Morgan fingerprint density at radius 1 is 0.379 bits per heavy atom. The molecule has 264 valence electrons. The van der Waals surface area contributed by atoms with E-state index >= 15 is 0 Å². The fourth-order valence-corrected chi connectivity index (χ4v) is 11.8. The molecule has 0 unspecified atom stereocenters. The zero-order valence-corrected chi connectivity index (χ0v) is 31.6. The van der Waals surface area contributed by atoms with E-state index in [0.29, 0.717) is 0 Å². The maximum absolute atomic E-state index is 2.66. The SMILES string of the molecule is Cc1cc2c3c(c1)-n1c4ccc5cccc6c5c4c4c5c(ccc7cccc-6c75)cc(c41)B3c1cc(-c3ccccc3)cc3c4cc(-c5ccccc5)ccc4n-2c13. The lowest BCUT2D eigenvalue weighted by Crippen LogP contribution is -2.59. The number of aromatic nitrogens is 2. The second-order valence-electron chi connectivity index (χ2n) is 16.9. The minimum atomic E-state index is 0.0447. The molecule has 2 aromatic heterocycles. The topological polar surface area (TPSA) is 9.86 Å². The predicted molar refractivity (Wildman–Crippen MR) is 247 cm³/mol. The minimum absolute atomic E-state index is 0.0447. The van der Waals surface area contributed by atoms with Gasteiger partial charge in [-0.1, -0.05) is 133 Å². The van der Waals surface area contributed by atoms with Gasteiger partial charge >= 0.3 is 0 Å². The highest BCUT2D eigenvalue weighted by molar-refractivity contribution is 7.00. The van der Waals surface area contributed by atoms with E-state index in [1.54, 1.807) is 0 Å². The summed E-state index contributed by atoms with van der Waals surface area (Å²) in [5, 5.41) is 13.4. The van der Waals surface area contributed by atoms with Crippen molar-refractivity contribution < 1.29 is 0 Å². The van der Waals surface area contributed by atoms with Crippen molar-refractivity contribution >= 4 is 99.0 Å². The van der Waals surface area contributed by atoms with Crippen LogP contribution < -0.4 is 16.4 Å². The van der Waals surface area contributed by atoms with E-state index in [1.165, 1.54) is 143 Å². The lowest BCUT2D eigenvalue weighted by molar-refractivity contribution is 1.13. The van der Waals surface area contributed by atoms with E-state index in [-0.39, 0.29) is 6.71 Å². The molecule has 2 aliphatic heterocycles. The Morgan fingerprint density at radius 3 is 1.72 bits per heavy atom. The van der Waals surface area contributed by atoms with Crippen LogP contribution in [0.1, 0.15) is 5.56 Å². The summed E-state index contributed by atoms with van der Waals surface area (Å²) in [5.41, 5.74) is 20.9. The van der Waals surface area contributed by atoms with Crippen molar-refractivity contribution in [1.29, 1.82) is 0 Å². The number of fused-ring (bicyclic) bond motifs is 9. The number of rotatable bonds is 2. The van der Waals surface area contributed by atoms with Gasteiger partial charge in [0.1, 0.15) is 0 Å². The molecule has 3 heteroatoms. The molecule has 15 rings (SSSR count). The molecule has 0 spiro atoms. The summed E-state index contributed by atoms with van der Waals surface area (Å²) >= 11 is 0. The van der Waals surface area contributed by atoms with Crippen LogP contribution in [0.2, 0.25) is 0 Å². The molecular formula is C55H31BN2. The summed E-state index contributed by atoms with van der Waals surface area (Å²) in [7, 11) is 0. The fraction of sp³-hybridized carbons (Fsp3) is 0.0182. The maximum atomic E-state index is 2.66. The molecule has 2 nitrogen and oxygen atoms in total. The van der Waals surface area contributed by atoms with E-state index in [0.717, 1.165) is 0 Å². The number of hydrogen-bond donors (Lipinski definition) is 0. The number of benzene rings is 10. The van der Waals surface area contributed by atoms with Gasteiger partial charge < -0.3 is 9.13 Å². The third kappa shape index (κ3) is 3.42. The summed E-state index contributed by atoms with van der Waals surface area (Å²) in [6.45, 7) is 2.33. The Bertz CT molecular complexity index is 3910. The fourth-order valence-electron chi connectivity index (χ4n) is 11.8. The highest BCUT2D eigenvalue weighted by atomic mass is 15.0. The Balaban J connectivity index is 1.18. The monoisotopic (exact) mass is 730 g/mol. The lowest BCUT2D eigenvalue weighted by atomic mass is 9.34. The molecule has 0 bridgehead atoms. The smallest absolute Gasteiger partial charge is 0.252 e. The molecule has 4 heterocycles. The van der Waals surface area contributed by atoms with Crippen molar-refractivity contribution in [2.75, 3.05) is 0 Å². The summed E-state index contributed by atoms with van der Waals surface area (Å²) in [6, 6.07) is 64.7. The highest BCUT2D eigenvalue weighted by Gasteiger charge is 2.42. The Morgan fingerprint density at radius 2 is 0.983 bits per heavy atom. The summed E-state index contributed by atoms with van der Waals surface area (Å²) in [5.74, 6) is 0. The van der Waals surface area contributed by atoms with Gasteiger partial charge in [0.15, 0.2) is 0 Å². The molecule has 10 aromatic carbocycles. The van der Waals surface area contributed by atoms with Gasteiger partial charge in [-0.05, 0) is 126 Å². The molecule has 0 fully saturated rings. The summed E-state index contributed by atoms with van der Waals surface area (Å²) < 4.78 is 5.27. The van der Waals surface area contributed by atoms with Gasteiger partial charge in [-0.2, -0.15) is 0 Å². The van der Waals surface area contributed by atoms with Crippen LogP contribution in [0.4, 0.5) is 0 Å². The van der Waals surface area contributed by atoms with Gasteiger partial charge in [0, 0.05) is 43.8 Å². The Hall–Kier alpha value is -7.36. The first-order valence-corrected chi connectivity index (χ1v) is 20.5. The van der Waals surface area contributed by atoms with Crippen molar-refractivity contribution in [1.82, 2.24) is 9.13 Å². The molecule has 58 heavy (non-hydrogen) atoms. The zero-order valence-electron chi connectivity index (χ0n) is 31.6. The van der Waals surface area contributed by atoms with Gasteiger partial charge in [-0.15, -0.1) is 0 Å². The minimum Gasteiger partial charge on any atom is -0.310 e. The first kappa shape index (κ1) is 29.9. The molecule has 0 saturated heterocycles. The standard InChI is InChI=1S/C55H31BN2/c1-30-24-46-53-47(25-30)58-45-23-20-34-15-9-17-39-38-16-8-14-33-18-19-36-28-43(55(58)52(50(36)48(33)38)51(45)49(34)39)56(53)42-29-37(32-12-6-3-7-13-32)27-41-40-26-35(31-10-4-2-5-11-31)21-22-44(40)57(46)54(41)42/h2-29H,1H3.